The molecule has 104 valence electrons. The van der Waals surface area contributed by atoms with Crippen LogP contribution in [0.2, 0.25) is 0 Å². The summed E-state index contributed by atoms with van der Waals surface area (Å²) in [7, 11) is 0. The minimum absolute atomic E-state index is 0.0734. The Bertz CT molecular complexity index is 436. The second-order valence-electron chi connectivity index (χ2n) is 5.70. The molecule has 19 heavy (non-hydrogen) atoms. The zero-order chi connectivity index (χ0) is 13.8. The normalized spacial score (nSPS) is 24.8. The highest BCUT2D eigenvalue weighted by molar-refractivity contribution is 5.79. The highest BCUT2D eigenvalue weighted by Crippen LogP contribution is 2.24. The van der Waals surface area contributed by atoms with Gasteiger partial charge < -0.3 is 11.1 Å². The molecule has 1 fully saturated rings. The van der Waals surface area contributed by atoms with Crippen molar-refractivity contribution in [3.8, 4) is 0 Å². The van der Waals surface area contributed by atoms with E-state index in [-0.39, 0.29) is 23.9 Å². The molecule has 1 aliphatic rings. The fourth-order valence-corrected chi connectivity index (χ4v) is 2.86. The van der Waals surface area contributed by atoms with E-state index in [4.69, 9.17) is 5.73 Å². The number of rotatable bonds is 3. The van der Waals surface area contributed by atoms with Crippen LogP contribution in [-0.2, 0) is 4.79 Å². The van der Waals surface area contributed by atoms with Crippen molar-refractivity contribution in [2.75, 3.05) is 0 Å². The summed E-state index contributed by atoms with van der Waals surface area (Å²) in [6, 6.07) is 8.57. The molecule has 1 amide bonds. The Morgan fingerprint density at radius 1 is 1.26 bits per heavy atom. The van der Waals surface area contributed by atoms with Crippen LogP contribution in [0.15, 0.2) is 24.3 Å². The zero-order valence-corrected chi connectivity index (χ0v) is 11.9. The summed E-state index contributed by atoms with van der Waals surface area (Å²) in [5, 5.41) is 3.14. The van der Waals surface area contributed by atoms with Crippen LogP contribution in [0.1, 0.15) is 49.8 Å². The number of nitrogens with one attached hydrogen (secondary N) is 1. The maximum absolute atomic E-state index is 12.2. The van der Waals surface area contributed by atoms with Crippen molar-refractivity contribution in [2.45, 2.75) is 51.6 Å². The van der Waals surface area contributed by atoms with Crippen molar-refractivity contribution in [1.29, 1.82) is 0 Å². The van der Waals surface area contributed by atoms with Crippen LogP contribution >= 0.6 is 0 Å². The molecule has 3 heteroatoms. The van der Waals surface area contributed by atoms with Gasteiger partial charge in [-0.3, -0.25) is 4.79 Å². The number of benzene rings is 1. The molecule has 1 aliphatic carbocycles. The van der Waals surface area contributed by atoms with Crippen molar-refractivity contribution in [3.63, 3.8) is 0 Å². The average molecular weight is 260 g/mol. The lowest BCUT2D eigenvalue weighted by molar-refractivity contribution is -0.126. The topological polar surface area (TPSA) is 55.1 Å². The summed E-state index contributed by atoms with van der Waals surface area (Å²) in [5.41, 5.74) is 8.30. The molecular formula is C16H24N2O. The van der Waals surface area contributed by atoms with Crippen LogP contribution in [0.5, 0.6) is 0 Å². The van der Waals surface area contributed by atoms with Gasteiger partial charge >= 0.3 is 0 Å². The molecule has 0 unspecified atom stereocenters. The van der Waals surface area contributed by atoms with Gasteiger partial charge in [-0.2, -0.15) is 0 Å². The molecule has 1 saturated carbocycles. The highest BCUT2D eigenvalue weighted by atomic mass is 16.1. The van der Waals surface area contributed by atoms with Crippen molar-refractivity contribution in [3.05, 3.63) is 35.4 Å². The number of carbonyl (C=O) groups excluding carboxylic acids is 1. The number of aryl methyl sites for hydroxylation is 1. The first-order valence-corrected chi connectivity index (χ1v) is 7.19. The maximum atomic E-state index is 12.2. The van der Waals surface area contributed by atoms with Gasteiger partial charge in [0.15, 0.2) is 0 Å². The monoisotopic (exact) mass is 260 g/mol. The van der Waals surface area contributed by atoms with Crippen molar-refractivity contribution in [1.82, 2.24) is 5.32 Å². The highest BCUT2D eigenvalue weighted by Gasteiger charge is 2.25. The largest absolute Gasteiger partial charge is 0.349 e. The van der Waals surface area contributed by atoms with E-state index in [0.29, 0.717) is 0 Å². The summed E-state index contributed by atoms with van der Waals surface area (Å²) < 4.78 is 0. The van der Waals surface area contributed by atoms with E-state index in [9.17, 15) is 4.79 Å². The second-order valence-corrected chi connectivity index (χ2v) is 5.70. The zero-order valence-electron chi connectivity index (χ0n) is 11.9. The fraction of sp³-hybridized carbons (Fsp3) is 0.562. The van der Waals surface area contributed by atoms with Crippen LogP contribution in [0, 0.1) is 12.8 Å². The SMILES string of the molecule is Cc1ccccc1[C@@H](C)NC(=O)C1CCC(N)CC1. The van der Waals surface area contributed by atoms with Crippen LogP contribution in [0.4, 0.5) is 0 Å². The van der Waals surface area contributed by atoms with Gasteiger partial charge in [-0.25, -0.2) is 0 Å². The van der Waals surface area contributed by atoms with Crippen LogP contribution in [0.3, 0.4) is 0 Å². The lowest BCUT2D eigenvalue weighted by Crippen LogP contribution is -2.37. The van der Waals surface area contributed by atoms with Crippen molar-refractivity contribution in [2.24, 2.45) is 11.7 Å². The maximum Gasteiger partial charge on any atom is 0.223 e. The third-order valence-corrected chi connectivity index (χ3v) is 4.16. The smallest absolute Gasteiger partial charge is 0.223 e. The molecule has 0 radical (unpaired) electrons. The Morgan fingerprint density at radius 3 is 2.53 bits per heavy atom. The van der Waals surface area contributed by atoms with E-state index in [1.807, 2.05) is 12.1 Å². The lowest BCUT2D eigenvalue weighted by atomic mass is 9.85. The van der Waals surface area contributed by atoms with E-state index in [1.165, 1.54) is 11.1 Å². The van der Waals surface area contributed by atoms with Crippen molar-refractivity contribution < 1.29 is 4.79 Å². The Kier molecular flexibility index (Phi) is 4.59. The Labute approximate surface area is 115 Å². The minimum atomic E-state index is 0.0734. The predicted molar refractivity (Wildman–Crippen MR) is 77.7 cm³/mol. The third-order valence-electron chi connectivity index (χ3n) is 4.16. The Balaban J connectivity index is 1.94. The van der Waals surface area contributed by atoms with Gasteiger partial charge in [-0.1, -0.05) is 24.3 Å². The molecule has 0 spiro atoms. The first-order chi connectivity index (χ1) is 9.08. The average Bonchev–Trinajstić information content (AvgIpc) is 2.39. The number of carbonyl (C=O) groups is 1. The quantitative estimate of drug-likeness (QED) is 0.878. The number of amides is 1. The summed E-state index contributed by atoms with van der Waals surface area (Å²) in [6.07, 6.45) is 3.79. The third kappa shape index (κ3) is 3.57. The van der Waals surface area contributed by atoms with Gasteiger partial charge in [0.2, 0.25) is 5.91 Å². The fourth-order valence-electron chi connectivity index (χ4n) is 2.86. The van der Waals surface area contributed by atoms with E-state index < -0.39 is 0 Å². The van der Waals surface area contributed by atoms with E-state index in [1.54, 1.807) is 0 Å². The first kappa shape index (κ1) is 14.1. The molecule has 0 bridgehead atoms. The second kappa shape index (κ2) is 6.20. The van der Waals surface area contributed by atoms with Crippen LogP contribution in [0.25, 0.3) is 0 Å². The molecule has 3 nitrogen and oxygen atoms in total. The number of hydrogen-bond acceptors (Lipinski definition) is 2. The summed E-state index contributed by atoms with van der Waals surface area (Å²) >= 11 is 0. The van der Waals surface area contributed by atoms with Crippen molar-refractivity contribution >= 4 is 5.91 Å². The van der Waals surface area contributed by atoms with Gasteiger partial charge in [0, 0.05) is 12.0 Å². The van der Waals surface area contributed by atoms with Crippen LogP contribution in [-0.4, -0.2) is 11.9 Å². The summed E-state index contributed by atoms with van der Waals surface area (Å²) in [4.78, 5) is 12.2. The van der Waals surface area contributed by atoms with E-state index in [2.05, 4.69) is 31.3 Å². The molecule has 1 aromatic carbocycles. The van der Waals surface area contributed by atoms with Crippen LogP contribution < -0.4 is 11.1 Å². The minimum Gasteiger partial charge on any atom is -0.349 e. The Morgan fingerprint density at radius 2 is 1.89 bits per heavy atom. The Hall–Kier alpha value is -1.35. The summed E-state index contributed by atoms with van der Waals surface area (Å²) in [6.45, 7) is 4.13. The summed E-state index contributed by atoms with van der Waals surface area (Å²) in [5.74, 6) is 0.328. The van der Waals surface area contributed by atoms with Gasteiger partial charge in [-0.05, 0) is 50.7 Å². The number of hydrogen-bond donors (Lipinski definition) is 2. The molecule has 2 rings (SSSR count). The lowest BCUT2D eigenvalue weighted by Gasteiger charge is -2.27. The molecule has 0 heterocycles. The van der Waals surface area contributed by atoms with E-state index in [0.717, 1.165) is 25.7 Å². The van der Waals surface area contributed by atoms with Gasteiger partial charge in [0.25, 0.3) is 0 Å². The molecule has 0 aromatic heterocycles. The first-order valence-electron chi connectivity index (χ1n) is 7.19. The molecule has 0 aliphatic heterocycles. The molecule has 1 aromatic rings. The number of nitrogens with two attached hydrogens (primary N) is 1. The van der Waals surface area contributed by atoms with E-state index >= 15 is 0 Å². The molecule has 0 saturated heterocycles. The van der Waals surface area contributed by atoms with Gasteiger partial charge in [0.1, 0.15) is 0 Å². The standard InChI is InChI=1S/C16H24N2O/c1-11-5-3-4-6-15(11)12(2)18-16(19)13-7-9-14(17)10-8-13/h3-6,12-14H,7-10,17H2,1-2H3,(H,18,19)/t12-,13?,14?/m1/s1. The molecule has 1 atom stereocenters. The van der Waals surface area contributed by atoms with Gasteiger partial charge in [0.05, 0.1) is 6.04 Å². The van der Waals surface area contributed by atoms with Gasteiger partial charge in [-0.15, -0.1) is 0 Å². The predicted octanol–water partition coefficient (Wildman–Crippen LogP) is 2.69. The molecule has 3 N–H and O–H groups in total. The molecular weight excluding hydrogens is 236 g/mol.